The number of nitrogens with one attached hydrogen (secondary N) is 1. The number of ether oxygens (including phenoxy) is 2. The number of carbonyl (C=O) groups excluding carboxylic acids is 2. The van der Waals surface area contributed by atoms with Gasteiger partial charge in [-0.1, -0.05) is 11.6 Å². The predicted octanol–water partition coefficient (Wildman–Crippen LogP) is 3.20. The van der Waals surface area contributed by atoms with E-state index in [1.165, 1.54) is 31.2 Å². The number of rotatable bonds is 7. The Bertz CT molecular complexity index is 792. The Kier molecular flexibility index (Phi) is 6.51. The molecule has 0 aliphatic carbocycles. The highest BCUT2D eigenvalue weighted by Crippen LogP contribution is 2.17. The fourth-order valence-electron chi connectivity index (χ4n) is 1.87. The van der Waals surface area contributed by atoms with Crippen molar-refractivity contribution >= 4 is 34.9 Å². The molecule has 0 fully saturated rings. The Balaban J connectivity index is 1.79. The largest absolute Gasteiger partial charge is 0.482 e. The van der Waals surface area contributed by atoms with Crippen molar-refractivity contribution in [1.82, 2.24) is 0 Å². The first-order valence-corrected chi connectivity index (χ1v) is 7.86. The molecule has 0 bridgehead atoms. The van der Waals surface area contributed by atoms with Crippen LogP contribution in [0.3, 0.4) is 0 Å². The van der Waals surface area contributed by atoms with Crippen molar-refractivity contribution in [3.8, 4) is 5.75 Å². The number of hydrogen-bond donors (Lipinski definition) is 1. The number of non-ortho nitro benzene ring substituents is 1. The first kappa shape index (κ1) is 19.2. The summed E-state index contributed by atoms with van der Waals surface area (Å²) in [5, 5.41) is 13.7. The van der Waals surface area contributed by atoms with E-state index in [4.69, 9.17) is 21.1 Å². The minimum Gasteiger partial charge on any atom is -0.482 e. The fourth-order valence-corrected chi connectivity index (χ4v) is 1.99. The number of carbonyl (C=O) groups is 2. The van der Waals surface area contributed by atoms with Crippen molar-refractivity contribution in [3.63, 3.8) is 0 Å². The zero-order chi connectivity index (χ0) is 19.1. The molecule has 1 amide bonds. The van der Waals surface area contributed by atoms with Crippen molar-refractivity contribution < 1.29 is 24.0 Å². The Morgan fingerprint density at radius 1 is 1.15 bits per heavy atom. The van der Waals surface area contributed by atoms with Crippen LogP contribution in [0.5, 0.6) is 5.75 Å². The molecular weight excluding hydrogens is 364 g/mol. The van der Waals surface area contributed by atoms with Gasteiger partial charge in [-0.3, -0.25) is 14.9 Å². The van der Waals surface area contributed by atoms with Crippen LogP contribution in [0.25, 0.3) is 0 Å². The van der Waals surface area contributed by atoms with Crippen molar-refractivity contribution in [2.24, 2.45) is 0 Å². The highest BCUT2D eigenvalue weighted by Gasteiger charge is 2.18. The van der Waals surface area contributed by atoms with Gasteiger partial charge in [0.15, 0.2) is 12.7 Å². The number of nitro benzene ring substituents is 1. The van der Waals surface area contributed by atoms with Gasteiger partial charge < -0.3 is 14.8 Å². The third kappa shape index (κ3) is 5.75. The fraction of sp³-hybridized carbons (Fsp3) is 0.176. The van der Waals surface area contributed by atoms with Gasteiger partial charge in [0.05, 0.1) is 4.92 Å². The molecule has 1 atom stereocenters. The van der Waals surface area contributed by atoms with Crippen molar-refractivity contribution in [3.05, 3.63) is 63.7 Å². The molecule has 2 rings (SSSR count). The first-order chi connectivity index (χ1) is 12.3. The highest BCUT2D eigenvalue weighted by atomic mass is 35.5. The van der Waals surface area contributed by atoms with E-state index in [0.717, 1.165) is 0 Å². The molecule has 1 N–H and O–H groups in total. The average molecular weight is 379 g/mol. The average Bonchev–Trinajstić information content (AvgIpc) is 2.62. The Morgan fingerprint density at radius 3 is 2.35 bits per heavy atom. The number of benzene rings is 2. The highest BCUT2D eigenvalue weighted by molar-refractivity contribution is 6.30. The number of esters is 1. The van der Waals surface area contributed by atoms with E-state index in [1.54, 1.807) is 24.3 Å². The molecule has 0 aliphatic rings. The second-order valence-corrected chi connectivity index (χ2v) is 5.60. The van der Waals surface area contributed by atoms with Crippen LogP contribution >= 0.6 is 11.6 Å². The summed E-state index contributed by atoms with van der Waals surface area (Å²) in [5.74, 6) is -0.982. The van der Waals surface area contributed by atoms with E-state index in [9.17, 15) is 19.7 Å². The molecule has 0 radical (unpaired) electrons. The van der Waals surface area contributed by atoms with Crippen molar-refractivity contribution in [1.29, 1.82) is 0 Å². The molecule has 136 valence electrons. The molecule has 0 saturated heterocycles. The second-order valence-electron chi connectivity index (χ2n) is 5.17. The van der Waals surface area contributed by atoms with Crippen molar-refractivity contribution in [2.45, 2.75) is 13.0 Å². The Hall–Kier alpha value is -3.13. The lowest BCUT2D eigenvalue weighted by molar-refractivity contribution is -0.384. The van der Waals surface area contributed by atoms with Crippen LogP contribution in [0.15, 0.2) is 48.5 Å². The molecule has 2 aromatic rings. The summed E-state index contributed by atoms with van der Waals surface area (Å²) >= 11 is 5.76. The summed E-state index contributed by atoms with van der Waals surface area (Å²) in [6.45, 7) is 0.991. The second kappa shape index (κ2) is 8.82. The van der Waals surface area contributed by atoms with Gasteiger partial charge >= 0.3 is 5.97 Å². The molecule has 0 spiro atoms. The number of anilines is 1. The normalized spacial score (nSPS) is 11.3. The number of hydrogen-bond acceptors (Lipinski definition) is 6. The smallest absolute Gasteiger partial charge is 0.344 e. The Labute approximate surface area is 153 Å². The molecule has 0 heterocycles. The lowest BCUT2D eigenvalue weighted by Gasteiger charge is -2.14. The van der Waals surface area contributed by atoms with Gasteiger partial charge in [-0.2, -0.15) is 0 Å². The third-order valence-electron chi connectivity index (χ3n) is 3.19. The van der Waals surface area contributed by atoms with Gasteiger partial charge in [0.1, 0.15) is 5.75 Å². The monoisotopic (exact) mass is 378 g/mol. The SMILES string of the molecule is C[C@H](OC(=O)COc1ccc([N+](=O)[O-])cc1)C(=O)Nc1ccc(Cl)cc1. The lowest BCUT2D eigenvalue weighted by Crippen LogP contribution is -2.31. The summed E-state index contributed by atoms with van der Waals surface area (Å²) in [5.41, 5.74) is 0.428. The van der Waals surface area contributed by atoms with Gasteiger partial charge in [0.25, 0.3) is 11.6 Å². The minimum atomic E-state index is -1.03. The summed E-state index contributed by atoms with van der Waals surface area (Å²) in [6.07, 6.45) is -1.03. The van der Waals surface area contributed by atoms with Crippen LogP contribution in [0.2, 0.25) is 5.02 Å². The van der Waals surface area contributed by atoms with Crippen LogP contribution in [0, 0.1) is 10.1 Å². The molecule has 0 saturated carbocycles. The van der Waals surface area contributed by atoms with E-state index < -0.39 is 29.5 Å². The van der Waals surface area contributed by atoms with E-state index >= 15 is 0 Å². The maximum atomic E-state index is 12.0. The summed E-state index contributed by atoms with van der Waals surface area (Å²) < 4.78 is 10.2. The van der Waals surface area contributed by atoms with Crippen LogP contribution in [0.1, 0.15) is 6.92 Å². The van der Waals surface area contributed by atoms with Gasteiger partial charge in [-0.15, -0.1) is 0 Å². The Morgan fingerprint density at radius 2 is 1.77 bits per heavy atom. The maximum absolute atomic E-state index is 12.0. The van der Waals surface area contributed by atoms with E-state index in [-0.39, 0.29) is 11.4 Å². The van der Waals surface area contributed by atoms with Crippen molar-refractivity contribution in [2.75, 3.05) is 11.9 Å². The first-order valence-electron chi connectivity index (χ1n) is 7.48. The lowest BCUT2D eigenvalue weighted by atomic mass is 10.3. The van der Waals surface area contributed by atoms with Gasteiger partial charge in [-0.05, 0) is 43.3 Å². The van der Waals surface area contributed by atoms with Crippen LogP contribution in [-0.2, 0) is 14.3 Å². The summed E-state index contributed by atoms with van der Waals surface area (Å²) in [4.78, 5) is 33.7. The number of amides is 1. The molecule has 0 unspecified atom stereocenters. The van der Waals surface area contributed by atoms with Crippen LogP contribution < -0.4 is 10.1 Å². The van der Waals surface area contributed by atoms with Crippen LogP contribution in [-0.4, -0.2) is 29.5 Å². The van der Waals surface area contributed by atoms with E-state index in [2.05, 4.69) is 5.32 Å². The molecule has 0 aliphatic heterocycles. The number of nitro groups is 1. The molecule has 26 heavy (non-hydrogen) atoms. The molecule has 0 aromatic heterocycles. The summed E-state index contributed by atoms with van der Waals surface area (Å²) in [6, 6.07) is 11.7. The zero-order valence-corrected chi connectivity index (χ0v) is 14.4. The number of nitrogens with zero attached hydrogens (tertiary/aromatic N) is 1. The molecule has 8 nitrogen and oxygen atoms in total. The van der Waals surface area contributed by atoms with Gasteiger partial charge in [-0.25, -0.2) is 4.79 Å². The third-order valence-corrected chi connectivity index (χ3v) is 3.45. The molecule has 2 aromatic carbocycles. The number of halogens is 1. The van der Waals surface area contributed by atoms with E-state index in [0.29, 0.717) is 10.7 Å². The quantitative estimate of drug-likeness (QED) is 0.450. The molecular formula is C17H15ClN2O6. The predicted molar refractivity (Wildman–Crippen MR) is 94.2 cm³/mol. The summed E-state index contributed by atoms with van der Waals surface area (Å²) in [7, 11) is 0. The van der Waals surface area contributed by atoms with Gasteiger partial charge in [0, 0.05) is 22.8 Å². The van der Waals surface area contributed by atoms with Crippen LogP contribution in [0.4, 0.5) is 11.4 Å². The zero-order valence-electron chi connectivity index (χ0n) is 13.7. The molecule has 9 heteroatoms. The topological polar surface area (TPSA) is 108 Å². The minimum absolute atomic E-state index is 0.0904. The van der Waals surface area contributed by atoms with E-state index in [1.807, 2.05) is 0 Å². The maximum Gasteiger partial charge on any atom is 0.344 e. The standard InChI is InChI=1S/C17H15ClN2O6/c1-11(17(22)19-13-4-2-12(18)3-5-13)26-16(21)10-25-15-8-6-14(7-9-15)20(23)24/h2-9,11H,10H2,1H3,(H,19,22)/t11-/m0/s1. The van der Waals surface area contributed by atoms with Gasteiger partial charge in [0.2, 0.25) is 0 Å².